The van der Waals surface area contributed by atoms with E-state index in [9.17, 15) is 4.79 Å². The highest BCUT2D eigenvalue weighted by Gasteiger charge is 2.41. The van der Waals surface area contributed by atoms with E-state index < -0.39 is 16.6 Å². The molecule has 26 heavy (non-hydrogen) atoms. The molecule has 0 aliphatic rings. The molecular weight excluding hydrogens is 358 g/mol. The fourth-order valence-corrected chi connectivity index (χ4v) is 3.76. The molecule has 4 nitrogen and oxygen atoms in total. The van der Waals surface area contributed by atoms with Gasteiger partial charge in [0.25, 0.3) is 16.6 Å². The van der Waals surface area contributed by atoms with Crippen LogP contribution < -0.4 is 0 Å². The van der Waals surface area contributed by atoms with Crippen LogP contribution in [0.2, 0.25) is 36.3 Å². The summed E-state index contributed by atoms with van der Waals surface area (Å²) in [6, 6.07) is 0. The number of unbranched alkanes of at least 4 members (excludes halogenated alkanes) is 2. The molecule has 6 heteroatoms. The molecule has 0 amide bonds. The van der Waals surface area contributed by atoms with Gasteiger partial charge in [0.15, 0.2) is 5.90 Å². The number of carbonyl (C=O) groups excluding carboxylic acids is 1. The van der Waals surface area contributed by atoms with Crippen molar-refractivity contribution in [1.82, 2.24) is 0 Å². The van der Waals surface area contributed by atoms with Crippen LogP contribution in [0, 0.1) is 0 Å². The van der Waals surface area contributed by atoms with Crippen LogP contribution in [0.3, 0.4) is 0 Å². The van der Waals surface area contributed by atoms with Crippen LogP contribution in [0.4, 0.5) is 0 Å². The van der Waals surface area contributed by atoms with Crippen molar-refractivity contribution in [2.24, 2.45) is 4.99 Å². The predicted molar refractivity (Wildman–Crippen MR) is 118 cm³/mol. The molecule has 0 heterocycles. The molecule has 0 rings (SSSR count). The van der Waals surface area contributed by atoms with Crippen molar-refractivity contribution in [2.75, 3.05) is 6.54 Å². The maximum absolute atomic E-state index is 12.4. The number of carbonyl (C=O) groups is 1. The Morgan fingerprint density at radius 1 is 0.846 bits per heavy atom. The van der Waals surface area contributed by atoms with Crippen LogP contribution >= 0.6 is 0 Å². The molecule has 0 aromatic rings. The molecule has 0 aliphatic heterocycles. The molecule has 0 fully saturated rings. The number of hydrogen-bond donors (Lipinski definition) is 0. The first-order chi connectivity index (χ1) is 11.5. The van der Waals surface area contributed by atoms with Crippen molar-refractivity contribution in [2.45, 2.75) is 110 Å². The fourth-order valence-electron chi connectivity index (χ4n) is 1.76. The molecule has 0 aromatic heterocycles. The van der Waals surface area contributed by atoms with Crippen molar-refractivity contribution in [3.8, 4) is 0 Å². The average molecular weight is 402 g/mol. The number of aliphatic imine (C=N–C) groups is 1. The van der Waals surface area contributed by atoms with E-state index in [-0.39, 0.29) is 22.6 Å². The minimum absolute atomic E-state index is 0.00791. The zero-order valence-corrected chi connectivity index (χ0v) is 21.2. The second-order valence-electron chi connectivity index (χ2n) is 10.3. The van der Waals surface area contributed by atoms with E-state index in [1.165, 1.54) is 0 Å². The lowest BCUT2D eigenvalue weighted by atomic mass is 10.2. The molecule has 0 atom stereocenters. The Hall–Kier alpha value is -0.626. The number of nitrogens with zero attached hydrogens (tertiary/aromatic N) is 1. The Labute approximate surface area is 164 Å². The van der Waals surface area contributed by atoms with E-state index in [1.54, 1.807) is 0 Å². The van der Waals surface area contributed by atoms with E-state index >= 15 is 0 Å². The minimum atomic E-state index is -2.10. The molecular formula is C20H43NO3Si2. The van der Waals surface area contributed by atoms with Gasteiger partial charge in [-0.3, -0.25) is 4.79 Å². The summed E-state index contributed by atoms with van der Waals surface area (Å²) >= 11 is 0. The topological polar surface area (TPSA) is 47.9 Å². The summed E-state index contributed by atoms with van der Waals surface area (Å²) in [6.45, 7) is 23.9. The highest BCUT2D eigenvalue weighted by Crippen LogP contribution is 2.37. The van der Waals surface area contributed by atoms with E-state index in [4.69, 9.17) is 8.85 Å². The van der Waals surface area contributed by atoms with Crippen LogP contribution in [0.1, 0.15) is 74.1 Å². The third-order valence-corrected chi connectivity index (χ3v) is 14.4. The highest BCUT2D eigenvalue weighted by atomic mass is 28.4. The van der Waals surface area contributed by atoms with Gasteiger partial charge in [0.05, 0.1) is 0 Å². The second kappa shape index (κ2) is 9.53. The van der Waals surface area contributed by atoms with Gasteiger partial charge < -0.3 is 8.85 Å². The van der Waals surface area contributed by atoms with Gasteiger partial charge in [0.2, 0.25) is 0 Å². The molecule has 0 spiro atoms. The van der Waals surface area contributed by atoms with Gasteiger partial charge in [-0.1, -0.05) is 61.3 Å². The van der Waals surface area contributed by atoms with Gasteiger partial charge in [0.1, 0.15) is 6.54 Å². The molecule has 0 unspecified atom stereocenters. The highest BCUT2D eigenvalue weighted by molar-refractivity contribution is 6.76. The van der Waals surface area contributed by atoms with E-state index in [1.807, 2.05) is 0 Å². The van der Waals surface area contributed by atoms with Crippen LogP contribution in [-0.2, 0) is 13.6 Å². The number of hydrogen-bond acceptors (Lipinski definition) is 4. The van der Waals surface area contributed by atoms with Gasteiger partial charge in [-0.2, -0.15) is 0 Å². The first-order valence-corrected chi connectivity index (χ1v) is 15.8. The summed E-state index contributed by atoms with van der Waals surface area (Å²) in [5, 5.41) is 0.119. The Balaban J connectivity index is 5.12. The van der Waals surface area contributed by atoms with Gasteiger partial charge in [-0.25, -0.2) is 4.99 Å². The fraction of sp³-hybridized carbons (Fsp3) is 0.900. The van der Waals surface area contributed by atoms with Crippen molar-refractivity contribution in [3.05, 3.63) is 0 Å². The summed E-state index contributed by atoms with van der Waals surface area (Å²) in [4.78, 5) is 16.9. The summed E-state index contributed by atoms with van der Waals surface area (Å²) < 4.78 is 12.2. The van der Waals surface area contributed by atoms with Crippen LogP contribution in [-0.4, -0.2) is 35.0 Å². The molecule has 0 radical (unpaired) electrons. The molecule has 0 saturated heterocycles. The standard InChI is InChI=1S/C20H43NO3Si2/c1-12-13-14-15-17(23-25(8,9)19(2,3)4)21-16-18(22)24-26(10,11)20(5,6)7/h12-16H2,1-11H3. The molecule has 0 N–H and O–H groups in total. The van der Waals surface area contributed by atoms with E-state index in [0.717, 1.165) is 31.6 Å². The van der Waals surface area contributed by atoms with Gasteiger partial charge in [-0.05, 0) is 42.7 Å². The summed E-state index contributed by atoms with van der Waals surface area (Å²) in [5.74, 6) is 0.501. The monoisotopic (exact) mass is 401 g/mol. The smallest absolute Gasteiger partial charge is 0.314 e. The second-order valence-corrected chi connectivity index (χ2v) is 19.7. The largest absolute Gasteiger partial charge is 0.534 e. The first-order valence-electron chi connectivity index (χ1n) is 9.97. The summed E-state index contributed by atoms with van der Waals surface area (Å²) in [5.41, 5.74) is 0. The minimum Gasteiger partial charge on any atom is -0.534 e. The molecule has 0 bridgehead atoms. The normalized spacial score (nSPS) is 14.3. The Kier molecular flexibility index (Phi) is 9.30. The lowest BCUT2D eigenvalue weighted by Gasteiger charge is -2.37. The third-order valence-electron chi connectivity index (χ3n) is 5.73. The Morgan fingerprint density at radius 2 is 1.31 bits per heavy atom. The van der Waals surface area contributed by atoms with Crippen LogP contribution in [0.25, 0.3) is 0 Å². The Bertz CT molecular complexity index is 486. The summed E-state index contributed by atoms with van der Waals surface area (Å²) in [6.07, 6.45) is 4.14. The zero-order chi connectivity index (χ0) is 20.8. The summed E-state index contributed by atoms with van der Waals surface area (Å²) in [7, 11) is -4.05. The quantitative estimate of drug-likeness (QED) is 0.201. The zero-order valence-electron chi connectivity index (χ0n) is 19.2. The third kappa shape index (κ3) is 8.38. The first kappa shape index (κ1) is 25.4. The SMILES string of the molecule is CCCCCC(=NCC(=O)O[Si](C)(C)C(C)(C)C)O[Si](C)(C)C(C)(C)C. The van der Waals surface area contributed by atoms with Crippen molar-refractivity contribution in [3.63, 3.8) is 0 Å². The molecule has 0 aromatic carbocycles. The molecule has 0 aliphatic carbocycles. The van der Waals surface area contributed by atoms with Crippen LogP contribution in [0.15, 0.2) is 4.99 Å². The number of rotatable bonds is 8. The van der Waals surface area contributed by atoms with E-state index in [0.29, 0.717) is 0 Å². The molecule has 154 valence electrons. The maximum Gasteiger partial charge on any atom is 0.314 e. The van der Waals surface area contributed by atoms with E-state index in [2.05, 4.69) is 79.6 Å². The lowest BCUT2D eigenvalue weighted by molar-refractivity contribution is -0.133. The predicted octanol–water partition coefficient (Wildman–Crippen LogP) is 6.54. The van der Waals surface area contributed by atoms with Crippen molar-refractivity contribution in [1.29, 1.82) is 0 Å². The Morgan fingerprint density at radius 3 is 1.73 bits per heavy atom. The van der Waals surface area contributed by atoms with Crippen LogP contribution in [0.5, 0.6) is 0 Å². The van der Waals surface area contributed by atoms with Gasteiger partial charge >= 0.3 is 5.97 Å². The van der Waals surface area contributed by atoms with Gasteiger partial charge in [-0.15, -0.1) is 0 Å². The average Bonchev–Trinajstić information content (AvgIpc) is 2.41. The van der Waals surface area contributed by atoms with Crippen molar-refractivity contribution >= 4 is 28.5 Å². The van der Waals surface area contributed by atoms with Crippen molar-refractivity contribution < 1.29 is 13.6 Å². The van der Waals surface area contributed by atoms with Gasteiger partial charge in [0, 0.05) is 6.42 Å². The molecule has 0 saturated carbocycles. The maximum atomic E-state index is 12.4. The lowest BCUT2D eigenvalue weighted by Crippen LogP contribution is -2.44.